The fraction of sp³-hybridized carbons (Fsp3) is 0.588. The molecule has 2 unspecified atom stereocenters. The fourth-order valence-electron chi connectivity index (χ4n) is 2.83. The van der Waals surface area contributed by atoms with Crippen molar-refractivity contribution in [2.24, 2.45) is 11.1 Å². The summed E-state index contributed by atoms with van der Waals surface area (Å²) >= 11 is 0. The van der Waals surface area contributed by atoms with E-state index >= 15 is 0 Å². The molecule has 1 aromatic rings. The van der Waals surface area contributed by atoms with E-state index in [2.05, 4.69) is 24.1 Å². The summed E-state index contributed by atoms with van der Waals surface area (Å²) in [5.74, 6) is -0.426. The molecular formula is C17H27ClFN3O. The van der Waals surface area contributed by atoms with Crippen LogP contribution in [-0.2, 0) is 4.79 Å². The molecule has 0 saturated carbocycles. The molecule has 0 spiro atoms. The number of nitrogens with one attached hydrogen (secondary N) is 1. The zero-order valence-electron chi connectivity index (χ0n) is 14.2. The van der Waals surface area contributed by atoms with Crippen LogP contribution in [0.15, 0.2) is 18.2 Å². The number of nitrogens with zero attached hydrogens (tertiary/aromatic N) is 1. The first-order valence-corrected chi connectivity index (χ1v) is 7.77. The molecule has 1 aromatic carbocycles. The molecule has 2 atom stereocenters. The van der Waals surface area contributed by atoms with Crippen LogP contribution >= 0.6 is 12.4 Å². The second-order valence-corrected chi connectivity index (χ2v) is 6.98. The highest BCUT2D eigenvalue weighted by Gasteiger charge is 2.36. The monoisotopic (exact) mass is 343 g/mol. The lowest BCUT2D eigenvalue weighted by atomic mass is 9.79. The number of anilines is 1. The van der Waals surface area contributed by atoms with E-state index in [0.29, 0.717) is 11.3 Å². The summed E-state index contributed by atoms with van der Waals surface area (Å²) in [4.78, 5) is 14.5. The van der Waals surface area contributed by atoms with Gasteiger partial charge in [0, 0.05) is 24.8 Å². The van der Waals surface area contributed by atoms with Crippen LogP contribution in [0.2, 0.25) is 0 Å². The van der Waals surface area contributed by atoms with Gasteiger partial charge in [-0.1, -0.05) is 19.9 Å². The summed E-state index contributed by atoms with van der Waals surface area (Å²) in [6, 6.07) is 4.63. The van der Waals surface area contributed by atoms with E-state index in [1.165, 1.54) is 6.07 Å². The molecule has 1 saturated heterocycles. The van der Waals surface area contributed by atoms with Crippen LogP contribution < -0.4 is 11.1 Å². The van der Waals surface area contributed by atoms with Crippen molar-refractivity contribution in [1.82, 2.24) is 4.90 Å². The number of halogens is 2. The molecule has 3 N–H and O–H groups in total. The number of aryl methyl sites for hydroxylation is 1. The third-order valence-electron chi connectivity index (χ3n) is 4.71. The topological polar surface area (TPSA) is 58.4 Å². The first-order valence-electron chi connectivity index (χ1n) is 7.77. The summed E-state index contributed by atoms with van der Waals surface area (Å²) in [6.07, 6.45) is 0.879. The molecule has 0 bridgehead atoms. The van der Waals surface area contributed by atoms with Crippen molar-refractivity contribution in [3.05, 3.63) is 29.6 Å². The van der Waals surface area contributed by atoms with Crippen molar-refractivity contribution in [1.29, 1.82) is 0 Å². The smallest absolute Gasteiger partial charge is 0.241 e. The Balaban J connectivity index is 0.00000264. The van der Waals surface area contributed by atoms with Crippen LogP contribution in [0.3, 0.4) is 0 Å². The molecule has 23 heavy (non-hydrogen) atoms. The second-order valence-electron chi connectivity index (χ2n) is 6.98. The molecule has 4 nitrogen and oxygen atoms in total. The van der Waals surface area contributed by atoms with E-state index < -0.39 is 0 Å². The van der Waals surface area contributed by atoms with Crippen LogP contribution in [0.25, 0.3) is 0 Å². The van der Waals surface area contributed by atoms with Crippen molar-refractivity contribution in [3.63, 3.8) is 0 Å². The maximum atomic E-state index is 13.6. The van der Waals surface area contributed by atoms with Crippen LogP contribution in [0.5, 0.6) is 0 Å². The number of nitrogens with two attached hydrogens (primary N) is 1. The van der Waals surface area contributed by atoms with Crippen LogP contribution in [0.1, 0.15) is 32.8 Å². The van der Waals surface area contributed by atoms with Crippen LogP contribution in [-0.4, -0.2) is 36.0 Å². The predicted molar refractivity (Wildman–Crippen MR) is 94.4 cm³/mol. The largest absolute Gasteiger partial charge is 0.327 e. The highest BCUT2D eigenvalue weighted by atomic mass is 35.5. The number of hydrogen-bond donors (Lipinski definition) is 2. The Hall–Kier alpha value is -1.17. The van der Waals surface area contributed by atoms with Crippen molar-refractivity contribution in [2.45, 2.75) is 46.2 Å². The highest BCUT2D eigenvalue weighted by Crippen LogP contribution is 2.29. The standard InChI is InChI=1S/C17H26FN3O.ClH/c1-11-5-6-13(9-14(11)18)20-16(22)12(2)21-8-7-15(19)17(3,4)10-21;/h5-6,9,12,15H,7-8,10,19H2,1-4H3,(H,20,22);1H. The molecule has 1 fully saturated rings. The van der Waals surface area contributed by atoms with Gasteiger partial charge in [-0.15, -0.1) is 12.4 Å². The molecule has 0 radical (unpaired) electrons. The van der Waals surface area contributed by atoms with E-state index in [-0.39, 0.29) is 41.6 Å². The van der Waals surface area contributed by atoms with Gasteiger partial charge in [-0.05, 0) is 43.4 Å². The lowest BCUT2D eigenvalue weighted by molar-refractivity contribution is -0.122. The fourth-order valence-corrected chi connectivity index (χ4v) is 2.83. The van der Waals surface area contributed by atoms with E-state index in [4.69, 9.17) is 5.73 Å². The van der Waals surface area contributed by atoms with Crippen LogP contribution in [0, 0.1) is 18.2 Å². The number of piperidine rings is 1. The quantitative estimate of drug-likeness (QED) is 0.887. The number of benzene rings is 1. The Bertz CT molecular complexity index is 565. The molecule has 2 rings (SSSR count). The average Bonchev–Trinajstić information content (AvgIpc) is 2.45. The van der Waals surface area contributed by atoms with Gasteiger partial charge < -0.3 is 11.1 Å². The van der Waals surface area contributed by atoms with Gasteiger partial charge in [-0.25, -0.2) is 4.39 Å². The Labute approximate surface area is 144 Å². The maximum Gasteiger partial charge on any atom is 0.241 e. The summed E-state index contributed by atoms with van der Waals surface area (Å²) < 4.78 is 13.6. The van der Waals surface area contributed by atoms with Gasteiger partial charge in [-0.2, -0.15) is 0 Å². The van der Waals surface area contributed by atoms with Gasteiger partial charge in [0.2, 0.25) is 5.91 Å². The van der Waals surface area contributed by atoms with E-state index in [1.807, 2.05) is 6.92 Å². The number of amides is 1. The zero-order valence-corrected chi connectivity index (χ0v) is 15.0. The Morgan fingerprint density at radius 2 is 2.13 bits per heavy atom. The number of carbonyl (C=O) groups excluding carboxylic acids is 1. The summed E-state index contributed by atoms with van der Waals surface area (Å²) in [5, 5.41) is 2.79. The number of likely N-dealkylation sites (tertiary alicyclic amines) is 1. The van der Waals surface area contributed by atoms with Gasteiger partial charge in [0.25, 0.3) is 0 Å². The Morgan fingerprint density at radius 1 is 1.48 bits per heavy atom. The van der Waals surface area contributed by atoms with Gasteiger partial charge in [-0.3, -0.25) is 9.69 Å². The van der Waals surface area contributed by atoms with Crippen molar-refractivity contribution in [2.75, 3.05) is 18.4 Å². The molecule has 6 heteroatoms. The van der Waals surface area contributed by atoms with Gasteiger partial charge in [0.1, 0.15) is 5.82 Å². The van der Waals surface area contributed by atoms with Gasteiger partial charge in [0.05, 0.1) is 6.04 Å². The minimum absolute atomic E-state index is 0. The third kappa shape index (κ3) is 4.66. The number of hydrogen-bond acceptors (Lipinski definition) is 3. The summed E-state index contributed by atoms with van der Waals surface area (Å²) in [7, 11) is 0. The molecule has 0 aromatic heterocycles. The maximum absolute atomic E-state index is 13.6. The number of carbonyl (C=O) groups is 1. The van der Waals surface area contributed by atoms with E-state index in [9.17, 15) is 9.18 Å². The van der Waals surface area contributed by atoms with Gasteiger partial charge >= 0.3 is 0 Å². The molecular weight excluding hydrogens is 317 g/mol. The lowest BCUT2D eigenvalue weighted by Crippen LogP contribution is -2.56. The van der Waals surface area contributed by atoms with Crippen molar-refractivity contribution in [3.8, 4) is 0 Å². The summed E-state index contributed by atoms with van der Waals surface area (Å²) in [5.41, 5.74) is 7.19. The van der Waals surface area contributed by atoms with E-state index in [1.54, 1.807) is 19.1 Å². The lowest BCUT2D eigenvalue weighted by Gasteiger charge is -2.44. The van der Waals surface area contributed by atoms with E-state index in [0.717, 1.165) is 19.5 Å². The second kappa shape index (κ2) is 7.60. The molecule has 1 amide bonds. The molecule has 0 aliphatic carbocycles. The van der Waals surface area contributed by atoms with Crippen molar-refractivity contribution >= 4 is 24.0 Å². The highest BCUT2D eigenvalue weighted by molar-refractivity contribution is 5.94. The van der Waals surface area contributed by atoms with Crippen molar-refractivity contribution < 1.29 is 9.18 Å². The average molecular weight is 344 g/mol. The Morgan fingerprint density at radius 3 is 2.70 bits per heavy atom. The molecule has 130 valence electrons. The van der Waals surface area contributed by atoms with Crippen LogP contribution in [0.4, 0.5) is 10.1 Å². The first kappa shape index (κ1) is 19.9. The zero-order chi connectivity index (χ0) is 16.5. The normalized spacial score (nSPS) is 22.1. The molecule has 1 aliphatic heterocycles. The number of rotatable bonds is 3. The minimum Gasteiger partial charge on any atom is -0.327 e. The predicted octanol–water partition coefficient (Wildman–Crippen LogP) is 2.94. The van der Waals surface area contributed by atoms with Gasteiger partial charge in [0.15, 0.2) is 0 Å². The minimum atomic E-state index is -0.310. The molecule has 1 heterocycles. The third-order valence-corrected chi connectivity index (χ3v) is 4.71. The first-order chi connectivity index (χ1) is 10.2. The summed E-state index contributed by atoms with van der Waals surface area (Å²) in [6.45, 7) is 9.43. The SMILES string of the molecule is Cc1ccc(NC(=O)C(C)N2CCC(N)C(C)(C)C2)cc1F.Cl. The Kier molecular flexibility index (Phi) is 6.57. The molecule has 1 aliphatic rings.